The molecule has 0 saturated heterocycles. The molecule has 0 fully saturated rings. The van der Waals surface area contributed by atoms with Gasteiger partial charge in [0, 0.05) is 0 Å². The van der Waals surface area contributed by atoms with Crippen LogP contribution in [0.5, 0.6) is 0 Å². The molecule has 0 aliphatic rings. The molecular formula is C22H25NO7. The Balaban J connectivity index is 2.04. The number of amides is 1. The van der Waals surface area contributed by atoms with Gasteiger partial charge in [-0.15, -0.1) is 0 Å². The number of ether oxygens (including phenoxy) is 2. The smallest absolute Gasteiger partial charge is 0.344 e. The average molecular weight is 415 g/mol. The summed E-state index contributed by atoms with van der Waals surface area (Å²) in [4.78, 5) is 48.3. The molecule has 0 aliphatic heterocycles. The van der Waals surface area contributed by atoms with E-state index in [2.05, 4.69) is 5.32 Å². The first-order chi connectivity index (χ1) is 14.1. The second kappa shape index (κ2) is 9.87. The fourth-order valence-corrected chi connectivity index (χ4v) is 2.89. The van der Waals surface area contributed by atoms with Gasteiger partial charge in [0.1, 0.15) is 11.3 Å². The molecule has 0 spiro atoms. The summed E-state index contributed by atoms with van der Waals surface area (Å²) in [6, 6.07) is 5.62. The van der Waals surface area contributed by atoms with Crippen molar-refractivity contribution in [2.24, 2.45) is 0 Å². The highest BCUT2D eigenvalue weighted by Crippen LogP contribution is 2.28. The van der Waals surface area contributed by atoms with Crippen LogP contribution in [0.1, 0.15) is 57.0 Å². The zero-order chi connectivity index (χ0) is 22.4. The summed E-state index contributed by atoms with van der Waals surface area (Å²) < 4.78 is 15.3. The van der Waals surface area contributed by atoms with E-state index in [1.165, 1.54) is 13.8 Å². The predicted molar refractivity (Wildman–Crippen MR) is 109 cm³/mol. The molecule has 8 heteroatoms. The lowest BCUT2D eigenvalue weighted by Gasteiger charge is -2.08. The standard InChI is InChI=1S/C22H25NO7/c1-6-28-22(27)20-19(14(4)24)15(5)30-21(20)23-17(25)11-29-18(26)10-16-8-7-12(2)13(3)9-16/h7-9H,6,10-11H2,1-5H3,(H,23,25). The zero-order valence-corrected chi connectivity index (χ0v) is 17.7. The Morgan fingerprint density at radius 1 is 1.00 bits per heavy atom. The lowest BCUT2D eigenvalue weighted by molar-refractivity contribution is -0.146. The van der Waals surface area contributed by atoms with E-state index in [-0.39, 0.29) is 35.8 Å². The number of Topliss-reactive ketones (excluding diaryl/α,β-unsaturated/α-hetero) is 1. The van der Waals surface area contributed by atoms with Crippen molar-refractivity contribution in [1.82, 2.24) is 0 Å². The maximum atomic E-state index is 12.2. The zero-order valence-electron chi connectivity index (χ0n) is 17.7. The average Bonchev–Trinajstić information content (AvgIpc) is 2.99. The first kappa shape index (κ1) is 22.9. The van der Waals surface area contributed by atoms with Crippen LogP contribution in [0, 0.1) is 20.8 Å². The van der Waals surface area contributed by atoms with Crippen LogP contribution in [0.2, 0.25) is 0 Å². The van der Waals surface area contributed by atoms with Gasteiger partial charge in [0.25, 0.3) is 5.91 Å². The third kappa shape index (κ3) is 5.56. The maximum Gasteiger partial charge on any atom is 0.344 e. The normalized spacial score (nSPS) is 10.4. The van der Waals surface area contributed by atoms with Crippen LogP contribution in [0.3, 0.4) is 0 Å². The Bertz CT molecular complexity index is 988. The molecule has 0 atom stereocenters. The quantitative estimate of drug-likeness (QED) is 0.520. The third-order valence-corrected chi connectivity index (χ3v) is 4.45. The lowest BCUT2D eigenvalue weighted by Crippen LogP contribution is -2.23. The predicted octanol–water partition coefficient (Wildman–Crippen LogP) is 3.31. The molecule has 1 heterocycles. The summed E-state index contributed by atoms with van der Waals surface area (Å²) >= 11 is 0. The van der Waals surface area contributed by atoms with Crippen molar-refractivity contribution in [3.63, 3.8) is 0 Å². The van der Waals surface area contributed by atoms with Crippen molar-refractivity contribution >= 4 is 29.5 Å². The summed E-state index contributed by atoms with van der Waals surface area (Å²) in [5.41, 5.74) is 2.83. The number of benzene rings is 1. The molecule has 0 saturated carbocycles. The fourth-order valence-electron chi connectivity index (χ4n) is 2.89. The highest BCUT2D eigenvalue weighted by Gasteiger charge is 2.28. The topological polar surface area (TPSA) is 112 Å². The highest BCUT2D eigenvalue weighted by molar-refractivity contribution is 6.10. The van der Waals surface area contributed by atoms with Crippen LogP contribution < -0.4 is 5.32 Å². The Labute approximate surface area is 174 Å². The van der Waals surface area contributed by atoms with Gasteiger partial charge in [-0.2, -0.15) is 0 Å². The second-order valence-electron chi connectivity index (χ2n) is 6.82. The van der Waals surface area contributed by atoms with E-state index >= 15 is 0 Å². The number of carbonyl (C=O) groups is 4. The van der Waals surface area contributed by atoms with Crippen LogP contribution in [0.25, 0.3) is 0 Å². The molecule has 160 valence electrons. The molecule has 1 amide bonds. The number of carbonyl (C=O) groups excluding carboxylic acids is 4. The monoisotopic (exact) mass is 415 g/mol. The number of aryl methyl sites for hydroxylation is 3. The van der Waals surface area contributed by atoms with Gasteiger partial charge in [0.15, 0.2) is 12.4 Å². The van der Waals surface area contributed by atoms with Gasteiger partial charge in [0.05, 0.1) is 18.6 Å². The number of rotatable bonds is 8. The van der Waals surface area contributed by atoms with E-state index in [9.17, 15) is 19.2 Å². The minimum Gasteiger partial charge on any atom is -0.462 e. The van der Waals surface area contributed by atoms with Crippen LogP contribution in [0.15, 0.2) is 22.6 Å². The van der Waals surface area contributed by atoms with E-state index in [4.69, 9.17) is 13.9 Å². The first-order valence-corrected chi connectivity index (χ1v) is 9.47. The number of furan rings is 1. The third-order valence-electron chi connectivity index (χ3n) is 4.45. The molecule has 2 aromatic rings. The van der Waals surface area contributed by atoms with Crippen LogP contribution in [-0.4, -0.2) is 36.8 Å². The van der Waals surface area contributed by atoms with Crippen molar-refractivity contribution in [3.8, 4) is 0 Å². The van der Waals surface area contributed by atoms with Crippen LogP contribution in [-0.2, 0) is 25.5 Å². The van der Waals surface area contributed by atoms with Crippen LogP contribution >= 0.6 is 0 Å². The van der Waals surface area contributed by atoms with E-state index in [0.717, 1.165) is 16.7 Å². The molecule has 1 aromatic carbocycles. The SMILES string of the molecule is CCOC(=O)c1c(NC(=O)COC(=O)Cc2ccc(C)c(C)c2)oc(C)c1C(C)=O. The Hall–Kier alpha value is -3.42. The fraction of sp³-hybridized carbons (Fsp3) is 0.364. The minimum atomic E-state index is -0.790. The minimum absolute atomic E-state index is 0.0246. The summed E-state index contributed by atoms with van der Waals surface area (Å²) in [6.45, 7) is 7.83. The van der Waals surface area contributed by atoms with Crippen molar-refractivity contribution in [2.45, 2.75) is 41.0 Å². The van der Waals surface area contributed by atoms with Gasteiger partial charge in [0.2, 0.25) is 5.88 Å². The van der Waals surface area contributed by atoms with Crippen LogP contribution in [0.4, 0.5) is 5.88 Å². The molecule has 0 aliphatic carbocycles. The summed E-state index contributed by atoms with van der Waals surface area (Å²) in [7, 11) is 0. The van der Waals surface area contributed by atoms with E-state index in [1.54, 1.807) is 6.92 Å². The molecule has 0 radical (unpaired) electrons. The van der Waals surface area contributed by atoms with Gasteiger partial charge in [-0.3, -0.25) is 19.7 Å². The van der Waals surface area contributed by atoms with E-state index in [1.807, 2.05) is 32.0 Å². The Morgan fingerprint density at radius 2 is 1.70 bits per heavy atom. The largest absolute Gasteiger partial charge is 0.462 e. The lowest BCUT2D eigenvalue weighted by atomic mass is 10.0. The van der Waals surface area contributed by atoms with E-state index in [0.29, 0.717) is 0 Å². The number of ketones is 1. The number of anilines is 1. The van der Waals surface area contributed by atoms with Crippen molar-refractivity contribution in [2.75, 3.05) is 18.5 Å². The Morgan fingerprint density at radius 3 is 2.30 bits per heavy atom. The summed E-state index contributed by atoms with van der Waals surface area (Å²) in [6.07, 6.45) is 0.0246. The van der Waals surface area contributed by atoms with Gasteiger partial charge in [-0.25, -0.2) is 4.79 Å². The summed E-state index contributed by atoms with van der Waals surface area (Å²) in [5.74, 6) is -2.52. The second-order valence-corrected chi connectivity index (χ2v) is 6.82. The van der Waals surface area contributed by atoms with Gasteiger partial charge in [-0.1, -0.05) is 18.2 Å². The van der Waals surface area contributed by atoms with Crippen molar-refractivity contribution < 1.29 is 33.1 Å². The Kier molecular flexibility index (Phi) is 7.52. The molecule has 1 N–H and O–H groups in total. The molecule has 30 heavy (non-hydrogen) atoms. The molecule has 1 aromatic heterocycles. The number of esters is 2. The first-order valence-electron chi connectivity index (χ1n) is 9.47. The van der Waals surface area contributed by atoms with Crippen molar-refractivity contribution in [1.29, 1.82) is 0 Å². The van der Waals surface area contributed by atoms with Gasteiger partial charge < -0.3 is 13.9 Å². The summed E-state index contributed by atoms with van der Waals surface area (Å²) in [5, 5.41) is 2.37. The highest BCUT2D eigenvalue weighted by atomic mass is 16.5. The molecule has 0 bridgehead atoms. The number of nitrogens with one attached hydrogen (secondary N) is 1. The number of hydrogen-bond donors (Lipinski definition) is 1. The molecular weight excluding hydrogens is 390 g/mol. The van der Waals surface area contributed by atoms with Crippen molar-refractivity contribution in [3.05, 3.63) is 51.8 Å². The van der Waals surface area contributed by atoms with E-state index < -0.39 is 30.2 Å². The molecule has 8 nitrogen and oxygen atoms in total. The van der Waals surface area contributed by atoms with Gasteiger partial charge >= 0.3 is 11.9 Å². The maximum absolute atomic E-state index is 12.2. The molecule has 0 unspecified atom stereocenters. The number of hydrogen-bond acceptors (Lipinski definition) is 7. The molecule has 2 rings (SSSR count). The van der Waals surface area contributed by atoms with Gasteiger partial charge in [-0.05, 0) is 51.3 Å².